The number of phenolic OH excluding ortho intramolecular Hbond substituents is 1. The predicted octanol–water partition coefficient (Wildman–Crippen LogP) is 3.47. The maximum absolute atomic E-state index is 13.3. The molecule has 0 fully saturated rings. The normalized spacial score (nSPS) is 9.83. The summed E-state index contributed by atoms with van der Waals surface area (Å²) in [7, 11) is 0. The first-order valence-electron chi connectivity index (χ1n) is 6.77. The first kappa shape index (κ1) is 16.2. The van der Waals surface area contributed by atoms with Crippen LogP contribution in [0.2, 0.25) is 0 Å². The highest BCUT2D eigenvalue weighted by molar-refractivity contribution is 5.68. The molecule has 3 rings (SSSR count). The second-order valence-corrected chi connectivity index (χ2v) is 4.64. The fourth-order valence-electron chi connectivity index (χ4n) is 2.00. The zero-order valence-electron chi connectivity index (χ0n) is 12.3. The van der Waals surface area contributed by atoms with Crippen LogP contribution in [0, 0.1) is 5.82 Å². The summed E-state index contributed by atoms with van der Waals surface area (Å²) in [5.41, 5.74) is 1.91. The van der Waals surface area contributed by atoms with Gasteiger partial charge in [0.25, 0.3) is 5.97 Å². The van der Waals surface area contributed by atoms with E-state index in [4.69, 9.17) is 9.90 Å². The van der Waals surface area contributed by atoms with E-state index in [2.05, 4.69) is 5.10 Å². The van der Waals surface area contributed by atoms with Gasteiger partial charge in [0.15, 0.2) is 0 Å². The van der Waals surface area contributed by atoms with Crippen LogP contribution in [0.4, 0.5) is 4.39 Å². The van der Waals surface area contributed by atoms with Gasteiger partial charge >= 0.3 is 0 Å². The molecule has 5 nitrogen and oxygen atoms in total. The number of carboxylic acid groups (broad SMARTS) is 1. The molecule has 0 aliphatic carbocycles. The molecule has 0 bridgehead atoms. The predicted molar refractivity (Wildman–Crippen MR) is 83.9 cm³/mol. The molecule has 2 N–H and O–H groups in total. The van der Waals surface area contributed by atoms with E-state index in [0.29, 0.717) is 11.3 Å². The van der Waals surface area contributed by atoms with Crippen molar-refractivity contribution < 1.29 is 19.4 Å². The standard InChI is InChI=1S/C15H11FN2O.C2H4O2/c16-11-6-7-15(19)13(10-11)14-8-9-17-18(14)12-4-2-1-3-5-12;1-2(3)4/h1-10,19H;1H3,(H,3,4). The second-order valence-electron chi connectivity index (χ2n) is 4.64. The van der Waals surface area contributed by atoms with E-state index in [-0.39, 0.29) is 5.75 Å². The highest BCUT2D eigenvalue weighted by Crippen LogP contribution is 2.30. The number of halogens is 1. The average molecular weight is 314 g/mol. The number of carboxylic acids is 1. The van der Waals surface area contributed by atoms with Crippen LogP contribution in [0.3, 0.4) is 0 Å². The largest absolute Gasteiger partial charge is 0.507 e. The Bertz CT molecular complexity index is 797. The summed E-state index contributed by atoms with van der Waals surface area (Å²) in [6.45, 7) is 1.08. The van der Waals surface area contributed by atoms with Crippen LogP contribution >= 0.6 is 0 Å². The Morgan fingerprint density at radius 1 is 1.13 bits per heavy atom. The number of aliphatic carboxylic acids is 1. The van der Waals surface area contributed by atoms with Crippen molar-refractivity contribution in [2.45, 2.75) is 6.92 Å². The first-order valence-corrected chi connectivity index (χ1v) is 6.77. The number of hydrogen-bond acceptors (Lipinski definition) is 3. The van der Waals surface area contributed by atoms with Gasteiger partial charge < -0.3 is 10.2 Å². The van der Waals surface area contributed by atoms with Crippen molar-refractivity contribution in [1.29, 1.82) is 0 Å². The number of hydrogen-bond donors (Lipinski definition) is 2. The second kappa shape index (κ2) is 7.22. The van der Waals surface area contributed by atoms with E-state index in [1.54, 1.807) is 16.9 Å². The van der Waals surface area contributed by atoms with E-state index in [1.807, 2.05) is 30.3 Å². The van der Waals surface area contributed by atoms with Crippen molar-refractivity contribution in [1.82, 2.24) is 9.78 Å². The Labute approximate surface area is 132 Å². The molecule has 1 heterocycles. The topological polar surface area (TPSA) is 75.3 Å². The molecule has 3 aromatic rings. The van der Waals surface area contributed by atoms with Gasteiger partial charge in [-0.25, -0.2) is 9.07 Å². The van der Waals surface area contributed by atoms with Crippen molar-refractivity contribution in [3.05, 3.63) is 66.6 Å². The Balaban J connectivity index is 0.000000433. The molecule has 0 amide bonds. The van der Waals surface area contributed by atoms with Gasteiger partial charge in [-0.3, -0.25) is 4.79 Å². The molecule has 0 saturated carbocycles. The molecule has 0 atom stereocenters. The van der Waals surface area contributed by atoms with E-state index in [9.17, 15) is 9.50 Å². The fraction of sp³-hybridized carbons (Fsp3) is 0.0588. The van der Waals surface area contributed by atoms with Gasteiger partial charge in [0, 0.05) is 12.5 Å². The number of rotatable bonds is 2. The molecule has 0 aliphatic rings. The molecular formula is C17H15FN2O3. The minimum absolute atomic E-state index is 0.0269. The molecule has 1 aromatic heterocycles. The van der Waals surface area contributed by atoms with Crippen molar-refractivity contribution >= 4 is 5.97 Å². The number of nitrogens with zero attached hydrogens (tertiary/aromatic N) is 2. The lowest BCUT2D eigenvalue weighted by molar-refractivity contribution is -0.134. The monoisotopic (exact) mass is 314 g/mol. The van der Waals surface area contributed by atoms with Crippen LogP contribution < -0.4 is 0 Å². The summed E-state index contributed by atoms with van der Waals surface area (Å²) >= 11 is 0. The maximum atomic E-state index is 13.3. The van der Waals surface area contributed by atoms with Crippen molar-refractivity contribution in [3.8, 4) is 22.7 Å². The van der Waals surface area contributed by atoms with E-state index in [0.717, 1.165) is 12.6 Å². The Morgan fingerprint density at radius 3 is 2.43 bits per heavy atom. The Morgan fingerprint density at radius 2 is 1.78 bits per heavy atom. The SMILES string of the molecule is CC(=O)O.Oc1ccc(F)cc1-c1ccnn1-c1ccccc1. The van der Waals surface area contributed by atoms with Crippen LogP contribution in [0.15, 0.2) is 60.8 Å². The van der Waals surface area contributed by atoms with Crippen LogP contribution in [-0.4, -0.2) is 26.0 Å². The van der Waals surface area contributed by atoms with Crippen LogP contribution in [0.1, 0.15) is 6.92 Å². The lowest BCUT2D eigenvalue weighted by Gasteiger charge is -2.09. The van der Waals surface area contributed by atoms with Crippen LogP contribution in [0.5, 0.6) is 5.75 Å². The third-order valence-electron chi connectivity index (χ3n) is 2.88. The summed E-state index contributed by atoms with van der Waals surface area (Å²) in [4.78, 5) is 9.00. The molecule has 0 aliphatic heterocycles. The Kier molecular flexibility index (Phi) is 5.09. The number of carbonyl (C=O) groups is 1. The number of phenols is 1. The molecule has 0 spiro atoms. The van der Waals surface area contributed by atoms with Gasteiger partial charge in [0.2, 0.25) is 0 Å². The number of para-hydroxylation sites is 1. The summed E-state index contributed by atoms with van der Waals surface area (Å²) in [6.07, 6.45) is 1.62. The van der Waals surface area contributed by atoms with Gasteiger partial charge in [-0.15, -0.1) is 0 Å². The van der Waals surface area contributed by atoms with E-state index in [1.165, 1.54) is 18.2 Å². The van der Waals surface area contributed by atoms with Gasteiger partial charge in [-0.1, -0.05) is 18.2 Å². The first-order chi connectivity index (χ1) is 11.0. The number of benzene rings is 2. The summed E-state index contributed by atoms with van der Waals surface area (Å²) in [5.74, 6) is -1.20. The minimum Gasteiger partial charge on any atom is -0.507 e. The van der Waals surface area contributed by atoms with Crippen molar-refractivity contribution in [3.63, 3.8) is 0 Å². The summed E-state index contributed by atoms with van der Waals surface area (Å²) in [6, 6.07) is 15.1. The summed E-state index contributed by atoms with van der Waals surface area (Å²) < 4.78 is 15.0. The molecular weight excluding hydrogens is 299 g/mol. The van der Waals surface area contributed by atoms with Crippen molar-refractivity contribution in [2.75, 3.05) is 0 Å². The van der Waals surface area contributed by atoms with Gasteiger partial charge in [0.05, 0.1) is 17.6 Å². The lowest BCUT2D eigenvalue weighted by Crippen LogP contribution is -1.98. The van der Waals surface area contributed by atoms with Gasteiger partial charge in [-0.2, -0.15) is 5.10 Å². The fourth-order valence-corrected chi connectivity index (χ4v) is 2.00. The average Bonchev–Trinajstić information content (AvgIpc) is 2.99. The Hall–Kier alpha value is -3.15. The van der Waals surface area contributed by atoms with Crippen LogP contribution in [0.25, 0.3) is 16.9 Å². The molecule has 0 saturated heterocycles. The summed E-state index contributed by atoms with van der Waals surface area (Å²) in [5, 5.41) is 21.5. The highest BCUT2D eigenvalue weighted by atomic mass is 19.1. The molecule has 6 heteroatoms. The third-order valence-corrected chi connectivity index (χ3v) is 2.88. The zero-order chi connectivity index (χ0) is 16.8. The smallest absolute Gasteiger partial charge is 0.300 e. The van der Waals surface area contributed by atoms with Gasteiger partial charge in [-0.05, 0) is 36.4 Å². The number of aromatic hydroxyl groups is 1. The van der Waals surface area contributed by atoms with Crippen molar-refractivity contribution in [2.24, 2.45) is 0 Å². The minimum atomic E-state index is -0.833. The maximum Gasteiger partial charge on any atom is 0.300 e. The van der Waals surface area contributed by atoms with Gasteiger partial charge in [0.1, 0.15) is 11.6 Å². The molecule has 2 aromatic carbocycles. The number of aromatic nitrogens is 2. The van der Waals surface area contributed by atoms with Crippen LogP contribution in [-0.2, 0) is 4.79 Å². The molecule has 0 unspecified atom stereocenters. The van der Waals surface area contributed by atoms with E-state index >= 15 is 0 Å². The quantitative estimate of drug-likeness (QED) is 0.759. The zero-order valence-corrected chi connectivity index (χ0v) is 12.3. The van der Waals surface area contributed by atoms with E-state index < -0.39 is 11.8 Å². The third kappa shape index (κ3) is 4.16. The molecule has 23 heavy (non-hydrogen) atoms. The lowest BCUT2D eigenvalue weighted by atomic mass is 10.1. The molecule has 0 radical (unpaired) electrons. The molecule has 118 valence electrons. The highest BCUT2D eigenvalue weighted by Gasteiger charge is 2.12.